The molecule has 200 valence electrons. The molecular weight excluding hydrogens is 522 g/mol. The molecule has 2 aliphatic rings. The minimum absolute atomic E-state index is 0.229. The molecule has 1 saturated carbocycles. The van der Waals surface area contributed by atoms with Crippen molar-refractivity contribution >= 4 is 51.6 Å². The number of hydrogen-bond donors (Lipinski definition) is 1. The van der Waals surface area contributed by atoms with Crippen LogP contribution in [0.3, 0.4) is 0 Å². The molecule has 13 heteroatoms. The van der Waals surface area contributed by atoms with E-state index in [2.05, 4.69) is 25.9 Å². The first-order valence-corrected chi connectivity index (χ1v) is 13.1. The summed E-state index contributed by atoms with van der Waals surface area (Å²) in [5.74, 6) is -0.618. The molecule has 0 spiro atoms. The quantitative estimate of drug-likeness (QED) is 0.376. The number of aromatic nitrogens is 6. The number of nitrogens with one attached hydrogen (secondary N) is 1. The van der Waals surface area contributed by atoms with Crippen LogP contribution in [0.1, 0.15) is 25.7 Å². The highest BCUT2D eigenvalue weighted by Crippen LogP contribution is 2.34. The average Bonchev–Trinajstić information content (AvgIpc) is 3.54. The standard InChI is InChI=1S/C26H26ClN9O3/c1-33-12-17-10-19(6-7-20(17)30-33)29-26(39)23(9-16-3-2-4-16)35-14-24(37)34(13-25(35)38)22-11-18(27)5-8-21(22)36-15-28-31-32-36/h5-8,10-12,15-16,23H,2-4,9,13-14H2,1H3,(H,29,39). The second-order valence-corrected chi connectivity index (χ2v) is 10.4. The zero-order valence-electron chi connectivity index (χ0n) is 21.2. The van der Waals surface area contributed by atoms with E-state index in [4.69, 9.17) is 11.6 Å². The summed E-state index contributed by atoms with van der Waals surface area (Å²) in [6.07, 6.45) is 6.89. The van der Waals surface area contributed by atoms with Crippen molar-refractivity contribution in [3.8, 4) is 5.69 Å². The summed E-state index contributed by atoms with van der Waals surface area (Å²) < 4.78 is 3.12. The van der Waals surface area contributed by atoms with Crippen molar-refractivity contribution in [2.24, 2.45) is 13.0 Å². The van der Waals surface area contributed by atoms with Crippen LogP contribution in [0, 0.1) is 5.92 Å². The van der Waals surface area contributed by atoms with Gasteiger partial charge in [0.05, 0.1) is 16.9 Å². The fraction of sp³-hybridized carbons (Fsp3) is 0.346. The number of hydrogen-bond acceptors (Lipinski definition) is 7. The molecule has 0 bridgehead atoms. The van der Waals surface area contributed by atoms with E-state index in [-0.39, 0.29) is 30.8 Å². The van der Waals surface area contributed by atoms with E-state index in [1.54, 1.807) is 28.9 Å². The van der Waals surface area contributed by atoms with Gasteiger partial charge in [0.1, 0.15) is 25.5 Å². The van der Waals surface area contributed by atoms with Gasteiger partial charge in [0.15, 0.2) is 0 Å². The van der Waals surface area contributed by atoms with Crippen LogP contribution in [-0.4, -0.2) is 71.7 Å². The number of aryl methyl sites for hydroxylation is 1. The smallest absolute Gasteiger partial charge is 0.247 e. The zero-order valence-corrected chi connectivity index (χ0v) is 22.0. The number of nitrogens with zero attached hydrogens (tertiary/aromatic N) is 8. The molecule has 0 radical (unpaired) electrons. The van der Waals surface area contributed by atoms with E-state index in [0.717, 1.165) is 30.2 Å². The Morgan fingerprint density at radius 2 is 1.95 bits per heavy atom. The largest absolute Gasteiger partial charge is 0.324 e. The van der Waals surface area contributed by atoms with E-state index in [1.807, 2.05) is 25.4 Å². The minimum atomic E-state index is -0.767. The van der Waals surface area contributed by atoms with Crippen LogP contribution >= 0.6 is 11.6 Å². The molecule has 2 fully saturated rings. The number of carbonyl (C=O) groups excluding carboxylic acids is 3. The minimum Gasteiger partial charge on any atom is -0.324 e. The average molecular weight is 548 g/mol. The van der Waals surface area contributed by atoms with E-state index in [9.17, 15) is 14.4 Å². The fourth-order valence-electron chi connectivity index (χ4n) is 5.19. The van der Waals surface area contributed by atoms with Crippen molar-refractivity contribution < 1.29 is 14.4 Å². The normalized spacial score (nSPS) is 17.0. The highest BCUT2D eigenvalue weighted by atomic mass is 35.5. The van der Waals surface area contributed by atoms with Crippen molar-refractivity contribution in [2.45, 2.75) is 31.7 Å². The summed E-state index contributed by atoms with van der Waals surface area (Å²) in [7, 11) is 1.84. The lowest BCUT2D eigenvalue weighted by Gasteiger charge is -2.40. The topological polar surface area (TPSA) is 131 Å². The summed E-state index contributed by atoms with van der Waals surface area (Å²) in [4.78, 5) is 43.4. The first-order valence-electron chi connectivity index (χ1n) is 12.7. The van der Waals surface area contributed by atoms with Gasteiger partial charge in [-0.3, -0.25) is 24.0 Å². The van der Waals surface area contributed by atoms with Crippen molar-refractivity contribution in [1.82, 2.24) is 34.9 Å². The maximum Gasteiger partial charge on any atom is 0.247 e. The Hall–Kier alpha value is -4.32. The van der Waals surface area contributed by atoms with Crippen molar-refractivity contribution in [3.63, 3.8) is 0 Å². The molecule has 3 amide bonds. The molecule has 2 aromatic carbocycles. The lowest BCUT2D eigenvalue weighted by molar-refractivity contribution is -0.144. The Morgan fingerprint density at radius 3 is 2.69 bits per heavy atom. The molecule has 12 nitrogen and oxygen atoms in total. The second kappa shape index (κ2) is 10.1. The molecule has 39 heavy (non-hydrogen) atoms. The zero-order chi connectivity index (χ0) is 27.1. The molecule has 1 saturated heterocycles. The molecule has 1 aliphatic carbocycles. The van der Waals surface area contributed by atoms with Crippen LogP contribution in [0.15, 0.2) is 48.9 Å². The first-order chi connectivity index (χ1) is 18.9. The van der Waals surface area contributed by atoms with E-state index in [1.165, 1.54) is 20.8 Å². The van der Waals surface area contributed by atoms with Crippen LogP contribution in [-0.2, 0) is 21.4 Å². The number of tetrazole rings is 1. The van der Waals surface area contributed by atoms with Gasteiger partial charge in [0.25, 0.3) is 0 Å². The fourth-order valence-corrected chi connectivity index (χ4v) is 5.35. The molecule has 2 aromatic heterocycles. The van der Waals surface area contributed by atoms with Crippen LogP contribution in [0.25, 0.3) is 16.6 Å². The van der Waals surface area contributed by atoms with Gasteiger partial charge in [-0.1, -0.05) is 30.9 Å². The van der Waals surface area contributed by atoms with Gasteiger partial charge < -0.3 is 10.2 Å². The predicted molar refractivity (Wildman–Crippen MR) is 143 cm³/mol. The van der Waals surface area contributed by atoms with Crippen LogP contribution < -0.4 is 10.2 Å². The number of rotatable bonds is 7. The highest BCUT2D eigenvalue weighted by molar-refractivity contribution is 6.31. The van der Waals surface area contributed by atoms with Crippen LogP contribution in [0.2, 0.25) is 5.02 Å². The summed E-state index contributed by atoms with van der Waals surface area (Å²) >= 11 is 6.24. The Bertz CT molecular complexity index is 1560. The van der Waals surface area contributed by atoms with Gasteiger partial charge in [0, 0.05) is 29.3 Å². The van der Waals surface area contributed by atoms with Gasteiger partial charge in [-0.25, -0.2) is 0 Å². The number of amides is 3. The lowest BCUT2D eigenvalue weighted by atomic mass is 9.80. The maximum atomic E-state index is 13.6. The second-order valence-electron chi connectivity index (χ2n) is 10.0. The lowest BCUT2D eigenvalue weighted by Crippen LogP contribution is -2.60. The summed E-state index contributed by atoms with van der Waals surface area (Å²) in [6, 6.07) is 9.66. The molecule has 4 aromatic rings. The van der Waals surface area contributed by atoms with Crippen molar-refractivity contribution in [2.75, 3.05) is 23.3 Å². The predicted octanol–water partition coefficient (Wildman–Crippen LogP) is 2.58. The molecule has 1 aliphatic heterocycles. The Kier molecular flexibility index (Phi) is 6.47. The van der Waals surface area contributed by atoms with Gasteiger partial charge in [-0.15, -0.1) is 5.10 Å². The molecule has 6 rings (SSSR count). The SMILES string of the molecule is Cn1cc2cc(NC(=O)C(CC3CCC3)N3CC(=O)N(c4cc(Cl)ccc4-n4cnnn4)CC3=O)ccc2n1. The molecule has 1 unspecified atom stereocenters. The summed E-state index contributed by atoms with van der Waals surface area (Å²) in [5, 5.41) is 19.9. The number of carbonyl (C=O) groups is 3. The van der Waals surface area contributed by atoms with Crippen LogP contribution in [0.4, 0.5) is 11.4 Å². The maximum absolute atomic E-state index is 13.6. The van der Waals surface area contributed by atoms with Gasteiger partial charge in [0.2, 0.25) is 17.7 Å². The molecule has 1 atom stereocenters. The van der Waals surface area contributed by atoms with Gasteiger partial charge in [-0.2, -0.15) is 9.78 Å². The molecular formula is C26H26ClN9O3. The molecule has 3 heterocycles. The summed E-state index contributed by atoms with van der Waals surface area (Å²) in [5.41, 5.74) is 2.35. The third kappa shape index (κ3) is 4.94. The number of anilines is 2. The first kappa shape index (κ1) is 25.0. The Labute approximate surface area is 228 Å². The number of benzene rings is 2. The van der Waals surface area contributed by atoms with E-state index >= 15 is 0 Å². The van der Waals surface area contributed by atoms with Gasteiger partial charge in [-0.05, 0) is 59.2 Å². The van der Waals surface area contributed by atoms with Crippen LogP contribution in [0.5, 0.6) is 0 Å². The summed E-state index contributed by atoms with van der Waals surface area (Å²) in [6.45, 7) is -0.461. The number of fused-ring (bicyclic) bond motifs is 1. The third-order valence-corrected chi connectivity index (χ3v) is 7.63. The Balaban J connectivity index is 1.25. The van der Waals surface area contributed by atoms with E-state index in [0.29, 0.717) is 34.4 Å². The Morgan fingerprint density at radius 1 is 1.10 bits per heavy atom. The van der Waals surface area contributed by atoms with Gasteiger partial charge >= 0.3 is 0 Å². The van der Waals surface area contributed by atoms with Crippen molar-refractivity contribution in [1.29, 1.82) is 0 Å². The number of piperazine rings is 1. The molecule has 1 N–H and O–H groups in total. The van der Waals surface area contributed by atoms with Crippen molar-refractivity contribution in [3.05, 3.63) is 53.9 Å². The van der Waals surface area contributed by atoms with E-state index < -0.39 is 6.04 Å². The third-order valence-electron chi connectivity index (χ3n) is 7.39. The monoisotopic (exact) mass is 547 g/mol. The number of halogens is 1. The highest BCUT2D eigenvalue weighted by Gasteiger charge is 2.40.